The maximum absolute atomic E-state index is 12.5. The third-order valence-electron chi connectivity index (χ3n) is 4.30. The van der Waals surface area contributed by atoms with Gasteiger partial charge in [-0.3, -0.25) is 4.79 Å². The maximum Gasteiger partial charge on any atom is 0.186 e. The molecule has 0 aliphatic heterocycles. The second kappa shape index (κ2) is 5.69. The summed E-state index contributed by atoms with van der Waals surface area (Å²) < 4.78 is 0. The van der Waals surface area contributed by atoms with Crippen LogP contribution in [0, 0.1) is 0 Å². The molecule has 110 valence electrons. The molecule has 0 amide bonds. The Morgan fingerprint density at radius 3 is 2.22 bits per heavy atom. The summed E-state index contributed by atoms with van der Waals surface area (Å²) in [6, 6.07) is 28.2. The van der Waals surface area contributed by atoms with Crippen molar-refractivity contribution in [2.75, 3.05) is 0 Å². The Morgan fingerprint density at radius 1 is 0.609 bits per heavy atom. The molecule has 23 heavy (non-hydrogen) atoms. The highest BCUT2D eigenvalue weighted by Crippen LogP contribution is 2.26. The Morgan fingerprint density at radius 2 is 1.35 bits per heavy atom. The molecule has 0 atom stereocenters. The lowest BCUT2D eigenvalue weighted by Gasteiger charge is -2.07. The first-order valence-corrected chi connectivity index (χ1v) is 7.80. The van der Waals surface area contributed by atoms with Gasteiger partial charge in [0.2, 0.25) is 0 Å². The van der Waals surface area contributed by atoms with E-state index in [9.17, 15) is 4.79 Å². The lowest BCUT2D eigenvalue weighted by molar-refractivity contribution is 1.22. The molecule has 0 unspecified atom stereocenters. The fraction of sp³-hybridized carbons (Fsp3) is 0.0455. The third-order valence-corrected chi connectivity index (χ3v) is 4.30. The lowest BCUT2D eigenvalue weighted by Crippen LogP contribution is -1.97. The molecule has 0 aliphatic carbocycles. The van der Waals surface area contributed by atoms with Gasteiger partial charge in [-0.15, -0.1) is 0 Å². The van der Waals surface area contributed by atoms with Gasteiger partial charge in [-0.1, -0.05) is 78.9 Å². The Kier molecular flexibility index (Phi) is 3.39. The smallest absolute Gasteiger partial charge is 0.186 e. The summed E-state index contributed by atoms with van der Waals surface area (Å²) in [4.78, 5) is 12.5. The standard InChI is InChI=1S/C22H16O/c23-21-14-13-17-9-4-5-11-19(17)22-18(10-6-12-20(21)22)15-16-7-2-1-3-8-16/h1-14H,15H2. The molecule has 0 aromatic heterocycles. The van der Waals surface area contributed by atoms with E-state index in [1.807, 2.05) is 36.4 Å². The quantitative estimate of drug-likeness (QED) is 0.512. The van der Waals surface area contributed by atoms with Crippen molar-refractivity contribution in [2.24, 2.45) is 0 Å². The average molecular weight is 296 g/mol. The summed E-state index contributed by atoms with van der Waals surface area (Å²) >= 11 is 0. The van der Waals surface area contributed by atoms with Crippen LogP contribution in [0.1, 0.15) is 11.1 Å². The van der Waals surface area contributed by atoms with Crippen LogP contribution in [0.2, 0.25) is 0 Å². The van der Waals surface area contributed by atoms with Crippen molar-refractivity contribution in [3.63, 3.8) is 0 Å². The van der Waals surface area contributed by atoms with Crippen molar-refractivity contribution in [1.29, 1.82) is 0 Å². The number of hydrogen-bond acceptors (Lipinski definition) is 1. The van der Waals surface area contributed by atoms with Gasteiger partial charge in [0, 0.05) is 5.39 Å². The molecule has 0 saturated heterocycles. The van der Waals surface area contributed by atoms with Gasteiger partial charge >= 0.3 is 0 Å². The zero-order valence-corrected chi connectivity index (χ0v) is 12.7. The van der Waals surface area contributed by atoms with Crippen LogP contribution in [0.3, 0.4) is 0 Å². The molecule has 0 N–H and O–H groups in total. The predicted octanol–water partition coefficient (Wildman–Crippen LogP) is 4.94. The first kappa shape index (κ1) is 13.7. The Balaban J connectivity index is 2.09. The van der Waals surface area contributed by atoms with Gasteiger partial charge < -0.3 is 0 Å². The highest BCUT2D eigenvalue weighted by Gasteiger charge is 2.07. The van der Waals surface area contributed by atoms with Crippen molar-refractivity contribution in [3.8, 4) is 0 Å². The average Bonchev–Trinajstić information content (AvgIpc) is 2.74. The van der Waals surface area contributed by atoms with Crippen LogP contribution in [0.4, 0.5) is 0 Å². The van der Waals surface area contributed by atoms with E-state index in [1.165, 1.54) is 11.1 Å². The first-order valence-electron chi connectivity index (χ1n) is 7.80. The minimum atomic E-state index is 0.0751. The van der Waals surface area contributed by atoms with E-state index in [0.29, 0.717) is 0 Å². The zero-order chi connectivity index (χ0) is 15.6. The van der Waals surface area contributed by atoms with Crippen molar-refractivity contribution in [3.05, 3.63) is 106 Å². The molecule has 0 spiro atoms. The predicted molar refractivity (Wildman–Crippen MR) is 97.0 cm³/mol. The van der Waals surface area contributed by atoms with Gasteiger partial charge in [-0.25, -0.2) is 0 Å². The summed E-state index contributed by atoms with van der Waals surface area (Å²) in [7, 11) is 0. The highest BCUT2D eigenvalue weighted by atomic mass is 16.1. The highest BCUT2D eigenvalue weighted by molar-refractivity contribution is 6.07. The van der Waals surface area contributed by atoms with Crippen LogP contribution in [-0.4, -0.2) is 0 Å². The molecule has 0 heterocycles. The van der Waals surface area contributed by atoms with E-state index in [-0.39, 0.29) is 5.43 Å². The monoisotopic (exact) mass is 296 g/mol. The van der Waals surface area contributed by atoms with Gasteiger partial charge in [-0.05, 0) is 39.8 Å². The lowest BCUT2D eigenvalue weighted by atomic mass is 9.97. The van der Waals surface area contributed by atoms with E-state index in [4.69, 9.17) is 0 Å². The number of hydrogen-bond donors (Lipinski definition) is 0. The van der Waals surface area contributed by atoms with Crippen molar-refractivity contribution < 1.29 is 0 Å². The molecule has 0 bridgehead atoms. The summed E-state index contributed by atoms with van der Waals surface area (Å²) in [5, 5.41) is 4.10. The summed E-state index contributed by atoms with van der Waals surface area (Å²) in [6.07, 6.45) is 0.825. The minimum absolute atomic E-state index is 0.0751. The summed E-state index contributed by atoms with van der Waals surface area (Å²) in [5.74, 6) is 0. The van der Waals surface area contributed by atoms with Gasteiger partial charge in [0.25, 0.3) is 0 Å². The molecule has 1 nitrogen and oxygen atoms in total. The van der Waals surface area contributed by atoms with E-state index >= 15 is 0 Å². The Bertz CT molecular complexity index is 1050. The van der Waals surface area contributed by atoms with Gasteiger partial charge in [-0.2, -0.15) is 0 Å². The fourth-order valence-corrected chi connectivity index (χ4v) is 3.21. The largest absolute Gasteiger partial charge is 0.289 e. The third kappa shape index (κ3) is 2.51. The molecule has 0 aliphatic rings. The Hall–Kier alpha value is -2.93. The second-order valence-electron chi connectivity index (χ2n) is 5.79. The summed E-state index contributed by atoms with van der Waals surface area (Å²) in [6.45, 7) is 0. The molecule has 0 saturated carbocycles. The van der Waals surface area contributed by atoms with Crippen LogP contribution >= 0.6 is 0 Å². The molecule has 0 radical (unpaired) electrons. The molecule has 0 fully saturated rings. The summed E-state index contributed by atoms with van der Waals surface area (Å²) in [5.41, 5.74) is 2.52. The van der Waals surface area contributed by atoms with Crippen molar-refractivity contribution >= 4 is 21.5 Å². The minimum Gasteiger partial charge on any atom is -0.289 e. The van der Waals surface area contributed by atoms with Gasteiger partial charge in [0.15, 0.2) is 5.43 Å². The van der Waals surface area contributed by atoms with Crippen LogP contribution in [0.5, 0.6) is 0 Å². The number of rotatable bonds is 2. The van der Waals surface area contributed by atoms with Crippen LogP contribution in [0.25, 0.3) is 21.5 Å². The molecule has 4 aromatic carbocycles. The maximum atomic E-state index is 12.5. The molecule has 1 heteroatoms. The first-order chi connectivity index (χ1) is 11.3. The van der Waals surface area contributed by atoms with Gasteiger partial charge in [0.1, 0.15) is 0 Å². The van der Waals surface area contributed by atoms with Gasteiger partial charge in [0.05, 0.1) is 0 Å². The van der Waals surface area contributed by atoms with E-state index in [2.05, 4.69) is 42.5 Å². The molecular weight excluding hydrogens is 280 g/mol. The van der Waals surface area contributed by atoms with E-state index in [0.717, 1.165) is 28.0 Å². The molecular formula is C22H16O. The second-order valence-corrected chi connectivity index (χ2v) is 5.79. The molecule has 4 aromatic rings. The normalized spacial score (nSPS) is 11.0. The fourth-order valence-electron chi connectivity index (χ4n) is 3.21. The number of fused-ring (bicyclic) bond motifs is 3. The van der Waals surface area contributed by atoms with E-state index < -0.39 is 0 Å². The molecule has 4 rings (SSSR count). The van der Waals surface area contributed by atoms with Crippen LogP contribution in [0.15, 0.2) is 89.7 Å². The Labute approximate surface area is 134 Å². The number of benzene rings is 3. The van der Waals surface area contributed by atoms with Crippen molar-refractivity contribution in [2.45, 2.75) is 6.42 Å². The zero-order valence-electron chi connectivity index (χ0n) is 12.7. The van der Waals surface area contributed by atoms with Crippen molar-refractivity contribution in [1.82, 2.24) is 0 Å². The SMILES string of the molecule is O=c1ccc2ccccc2c2c(Cc3ccccc3)cccc12. The van der Waals surface area contributed by atoms with Crippen LogP contribution in [-0.2, 0) is 6.42 Å². The van der Waals surface area contributed by atoms with Crippen LogP contribution < -0.4 is 5.43 Å². The topological polar surface area (TPSA) is 17.1 Å². The van der Waals surface area contributed by atoms with E-state index in [1.54, 1.807) is 6.07 Å².